The summed E-state index contributed by atoms with van der Waals surface area (Å²) < 4.78 is 11.9. The van der Waals surface area contributed by atoms with E-state index >= 15 is 0 Å². The molecule has 0 bridgehead atoms. The zero-order chi connectivity index (χ0) is 12.4. The summed E-state index contributed by atoms with van der Waals surface area (Å²) in [6.07, 6.45) is 0. The molecule has 0 aliphatic rings. The minimum Gasteiger partial charge on any atom is -0.544 e. The monoisotopic (exact) mass is 254 g/mol. The molecule has 2 nitrogen and oxygen atoms in total. The molecule has 0 saturated carbocycles. The molecular weight excluding hydrogens is 232 g/mol. The predicted molar refractivity (Wildman–Crippen MR) is 74.4 cm³/mol. The van der Waals surface area contributed by atoms with Crippen molar-refractivity contribution < 1.29 is 8.85 Å². The molecule has 0 saturated heterocycles. The first-order valence-corrected chi connectivity index (χ1v) is 12.5. The summed E-state index contributed by atoms with van der Waals surface area (Å²) in [6.45, 7) is 13.1. The molecule has 1 aromatic carbocycles. The maximum Gasteiger partial charge on any atom is 0.242 e. The van der Waals surface area contributed by atoms with Crippen LogP contribution in [0.3, 0.4) is 0 Å². The lowest BCUT2D eigenvalue weighted by atomic mass is 10.3. The molecule has 0 amide bonds. The van der Waals surface area contributed by atoms with Gasteiger partial charge < -0.3 is 8.85 Å². The summed E-state index contributed by atoms with van der Waals surface area (Å²) in [5.41, 5.74) is 0. The van der Waals surface area contributed by atoms with E-state index < -0.39 is 16.6 Å². The van der Waals surface area contributed by atoms with Crippen LogP contribution in [0.5, 0.6) is 11.5 Å². The van der Waals surface area contributed by atoms with E-state index in [4.69, 9.17) is 8.85 Å². The van der Waals surface area contributed by atoms with E-state index in [-0.39, 0.29) is 0 Å². The molecule has 0 aliphatic heterocycles. The van der Waals surface area contributed by atoms with Gasteiger partial charge in [0.05, 0.1) is 0 Å². The first-order chi connectivity index (χ1) is 7.16. The fourth-order valence-corrected chi connectivity index (χ4v) is 2.98. The summed E-state index contributed by atoms with van der Waals surface area (Å²) >= 11 is 0. The SMILES string of the molecule is C[Si](C)(C)Oc1cccc(O[Si](C)(C)C)c1. The maximum absolute atomic E-state index is 5.93. The van der Waals surface area contributed by atoms with E-state index in [0.29, 0.717) is 0 Å². The van der Waals surface area contributed by atoms with Gasteiger partial charge in [0.25, 0.3) is 0 Å². The number of benzene rings is 1. The van der Waals surface area contributed by atoms with Gasteiger partial charge in [-0.2, -0.15) is 0 Å². The highest BCUT2D eigenvalue weighted by atomic mass is 28.4. The summed E-state index contributed by atoms with van der Waals surface area (Å²) in [7, 11) is -3.05. The Hall–Kier alpha value is -0.746. The van der Waals surface area contributed by atoms with Crippen molar-refractivity contribution >= 4 is 16.6 Å². The van der Waals surface area contributed by atoms with Crippen molar-refractivity contribution in [3.63, 3.8) is 0 Å². The zero-order valence-corrected chi connectivity index (χ0v) is 13.1. The molecule has 1 rings (SSSR count). The van der Waals surface area contributed by atoms with Gasteiger partial charge in [0, 0.05) is 6.07 Å². The number of hydrogen-bond acceptors (Lipinski definition) is 2. The number of hydrogen-bond donors (Lipinski definition) is 0. The summed E-state index contributed by atoms with van der Waals surface area (Å²) in [4.78, 5) is 0. The molecule has 0 spiro atoms. The van der Waals surface area contributed by atoms with Crippen molar-refractivity contribution in [2.24, 2.45) is 0 Å². The van der Waals surface area contributed by atoms with Gasteiger partial charge in [-0.05, 0) is 51.4 Å². The van der Waals surface area contributed by atoms with Crippen LogP contribution in [0.25, 0.3) is 0 Å². The lowest BCUT2D eigenvalue weighted by molar-refractivity contribution is 0.533. The van der Waals surface area contributed by atoms with E-state index in [1.54, 1.807) is 0 Å². The zero-order valence-electron chi connectivity index (χ0n) is 11.1. The van der Waals surface area contributed by atoms with Crippen LogP contribution < -0.4 is 8.85 Å². The van der Waals surface area contributed by atoms with Crippen molar-refractivity contribution in [2.75, 3.05) is 0 Å². The summed E-state index contributed by atoms with van der Waals surface area (Å²) in [6, 6.07) is 7.98. The molecule has 1 aromatic rings. The minimum atomic E-state index is -1.52. The highest BCUT2D eigenvalue weighted by Crippen LogP contribution is 2.24. The quantitative estimate of drug-likeness (QED) is 0.753. The standard InChI is InChI=1S/C12H22O2Si2/c1-15(2,3)13-11-8-7-9-12(10-11)14-16(4,5)6/h7-10H,1-6H3. The third kappa shape index (κ3) is 5.37. The van der Waals surface area contributed by atoms with Gasteiger partial charge >= 0.3 is 0 Å². The Morgan fingerprint density at radius 1 is 0.750 bits per heavy atom. The Morgan fingerprint density at radius 2 is 1.12 bits per heavy atom. The summed E-state index contributed by atoms with van der Waals surface area (Å²) in [5.74, 6) is 1.85. The Labute approximate surface area is 101 Å². The van der Waals surface area contributed by atoms with Crippen molar-refractivity contribution in [2.45, 2.75) is 39.3 Å². The normalized spacial score (nSPS) is 12.4. The molecule has 0 atom stereocenters. The molecular formula is C12H22O2Si2. The van der Waals surface area contributed by atoms with Gasteiger partial charge in [-0.1, -0.05) is 6.07 Å². The summed E-state index contributed by atoms with van der Waals surface area (Å²) in [5, 5.41) is 0. The lowest BCUT2D eigenvalue weighted by Gasteiger charge is -2.22. The smallest absolute Gasteiger partial charge is 0.242 e. The molecule has 0 aromatic heterocycles. The van der Waals surface area contributed by atoms with Gasteiger partial charge in [0.2, 0.25) is 16.6 Å². The molecule has 0 heterocycles. The fourth-order valence-electron chi connectivity index (χ4n) is 1.31. The third-order valence-electron chi connectivity index (χ3n) is 1.65. The first kappa shape index (κ1) is 13.3. The van der Waals surface area contributed by atoms with E-state index in [2.05, 4.69) is 39.3 Å². The Balaban J connectivity index is 2.79. The van der Waals surface area contributed by atoms with Gasteiger partial charge in [0.15, 0.2) is 0 Å². The van der Waals surface area contributed by atoms with Crippen molar-refractivity contribution in [3.8, 4) is 11.5 Å². The average Bonchev–Trinajstić information content (AvgIpc) is 1.96. The lowest BCUT2D eigenvalue weighted by Crippen LogP contribution is -2.30. The fraction of sp³-hybridized carbons (Fsp3) is 0.500. The molecule has 16 heavy (non-hydrogen) atoms. The molecule has 0 unspecified atom stereocenters. The van der Waals surface area contributed by atoms with E-state index in [1.165, 1.54) is 0 Å². The second-order valence-electron chi connectivity index (χ2n) is 5.90. The molecule has 0 aliphatic carbocycles. The molecule has 0 radical (unpaired) electrons. The molecule has 90 valence electrons. The van der Waals surface area contributed by atoms with Gasteiger partial charge in [0.1, 0.15) is 11.5 Å². The van der Waals surface area contributed by atoms with E-state index in [0.717, 1.165) is 11.5 Å². The van der Waals surface area contributed by atoms with E-state index in [1.807, 2.05) is 24.3 Å². The van der Waals surface area contributed by atoms with Crippen LogP contribution in [-0.4, -0.2) is 16.6 Å². The minimum absolute atomic E-state index is 0.926. The van der Waals surface area contributed by atoms with E-state index in [9.17, 15) is 0 Å². The van der Waals surface area contributed by atoms with Crippen LogP contribution in [0.1, 0.15) is 0 Å². The number of rotatable bonds is 4. The first-order valence-electron chi connectivity index (χ1n) is 5.64. The van der Waals surface area contributed by atoms with Gasteiger partial charge in [-0.25, -0.2) is 0 Å². The van der Waals surface area contributed by atoms with Crippen molar-refractivity contribution in [1.29, 1.82) is 0 Å². The molecule has 4 heteroatoms. The highest BCUT2D eigenvalue weighted by Gasteiger charge is 2.18. The second kappa shape index (κ2) is 4.63. The third-order valence-corrected chi connectivity index (χ3v) is 3.35. The van der Waals surface area contributed by atoms with Gasteiger partial charge in [-0.3, -0.25) is 0 Å². The Kier molecular flexibility index (Phi) is 3.85. The van der Waals surface area contributed by atoms with Crippen LogP contribution in [0.2, 0.25) is 39.3 Å². The van der Waals surface area contributed by atoms with Crippen LogP contribution in [-0.2, 0) is 0 Å². The largest absolute Gasteiger partial charge is 0.544 e. The van der Waals surface area contributed by atoms with Gasteiger partial charge in [-0.15, -0.1) is 0 Å². The van der Waals surface area contributed by atoms with Crippen LogP contribution in [0, 0.1) is 0 Å². The highest BCUT2D eigenvalue weighted by molar-refractivity contribution is 6.70. The average molecular weight is 254 g/mol. The van der Waals surface area contributed by atoms with Crippen LogP contribution in [0.15, 0.2) is 24.3 Å². The molecule has 0 N–H and O–H groups in total. The predicted octanol–water partition coefficient (Wildman–Crippen LogP) is 4.11. The maximum atomic E-state index is 5.93. The Morgan fingerprint density at radius 3 is 1.44 bits per heavy atom. The van der Waals surface area contributed by atoms with Crippen molar-refractivity contribution in [1.82, 2.24) is 0 Å². The topological polar surface area (TPSA) is 18.5 Å². The Bertz CT molecular complexity index is 320. The molecule has 0 fully saturated rings. The van der Waals surface area contributed by atoms with Crippen molar-refractivity contribution in [3.05, 3.63) is 24.3 Å². The second-order valence-corrected chi connectivity index (χ2v) is 14.8. The van der Waals surface area contributed by atoms with Crippen LogP contribution in [0.4, 0.5) is 0 Å². The van der Waals surface area contributed by atoms with Crippen LogP contribution >= 0.6 is 0 Å².